The number of ether oxygens (including phenoxy) is 2. The number of rotatable bonds is 8. The molecule has 0 bridgehead atoms. The zero-order valence-electron chi connectivity index (χ0n) is 24.7. The molecule has 11 nitrogen and oxygen atoms in total. The summed E-state index contributed by atoms with van der Waals surface area (Å²) in [6.45, 7) is 6.80. The number of nitrogens with zero attached hydrogens (tertiary/aromatic N) is 3. The molecule has 1 unspecified atom stereocenters. The molecule has 1 atom stereocenters. The van der Waals surface area contributed by atoms with Crippen LogP contribution in [0.25, 0.3) is 21.7 Å². The lowest BCUT2D eigenvalue weighted by atomic mass is 9.94. The van der Waals surface area contributed by atoms with Gasteiger partial charge in [-0.25, -0.2) is 4.79 Å². The van der Waals surface area contributed by atoms with Gasteiger partial charge in [0.1, 0.15) is 23.7 Å². The molecule has 0 saturated carbocycles. The summed E-state index contributed by atoms with van der Waals surface area (Å²) in [7, 11) is 3.95. The minimum atomic E-state index is -0.704. The third kappa shape index (κ3) is 6.37. The Morgan fingerprint density at radius 3 is 2.58 bits per heavy atom. The number of non-ortho nitro benzene ring substituents is 1. The van der Waals surface area contributed by atoms with E-state index >= 15 is 0 Å². The van der Waals surface area contributed by atoms with Gasteiger partial charge in [-0.05, 0) is 82.2 Å². The maximum absolute atomic E-state index is 13.9. The van der Waals surface area contributed by atoms with Crippen molar-refractivity contribution in [2.24, 2.45) is 0 Å². The number of carbonyl (C=O) groups excluding carboxylic acids is 2. The van der Waals surface area contributed by atoms with E-state index in [4.69, 9.17) is 21.1 Å². The number of carbonyl (C=O) groups is 2. The first-order chi connectivity index (χ1) is 20.3. The molecule has 0 saturated heterocycles. The van der Waals surface area contributed by atoms with Crippen LogP contribution in [0.4, 0.5) is 21.9 Å². The van der Waals surface area contributed by atoms with Crippen LogP contribution in [0.15, 0.2) is 48.5 Å². The van der Waals surface area contributed by atoms with E-state index in [2.05, 4.69) is 10.3 Å². The monoisotopic (exact) mass is 607 g/mol. The van der Waals surface area contributed by atoms with Gasteiger partial charge >= 0.3 is 6.09 Å². The number of alkyl halides is 1. The van der Waals surface area contributed by atoms with Crippen molar-refractivity contribution in [3.8, 4) is 5.75 Å². The molecule has 5 rings (SSSR count). The lowest BCUT2D eigenvalue weighted by Crippen LogP contribution is -2.30. The Balaban J connectivity index is 1.49. The number of nitrogens with one attached hydrogen (secondary N) is 2. The molecule has 12 heteroatoms. The maximum Gasteiger partial charge on any atom is 0.412 e. The zero-order chi connectivity index (χ0) is 31.1. The second-order valence-electron chi connectivity index (χ2n) is 11.8. The molecule has 0 fully saturated rings. The molecular weight excluding hydrogens is 574 g/mol. The number of halogens is 1. The van der Waals surface area contributed by atoms with Crippen molar-refractivity contribution >= 4 is 62.3 Å². The minimum absolute atomic E-state index is 0.189. The summed E-state index contributed by atoms with van der Waals surface area (Å²) in [5.74, 6) is 0.331. The van der Waals surface area contributed by atoms with E-state index in [0.29, 0.717) is 40.2 Å². The second kappa shape index (κ2) is 11.7. The van der Waals surface area contributed by atoms with Crippen LogP contribution in [0.3, 0.4) is 0 Å². The van der Waals surface area contributed by atoms with Crippen molar-refractivity contribution in [1.82, 2.24) is 9.88 Å². The number of likely N-dealkylation sites (N-methyl/N-ethyl adjacent to an activating group) is 1. The van der Waals surface area contributed by atoms with Crippen LogP contribution in [0.5, 0.6) is 5.75 Å². The van der Waals surface area contributed by atoms with E-state index in [-0.39, 0.29) is 29.9 Å². The number of aromatic amines is 1. The molecule has 2 amide bonds. The lowest BCUT2D eigenvalue weighted by molar-refractivity contribution is -0.383. The van der Waals surface area contributed by atoms with Crippen molar-refractivity contribution in [3.63, 3.8) is 0 Å². The highest BCUT2D eigenvalue weighted by Gasteiger charge is 2.37. The van der Waals surface area contributed by atoms with Gasteiger partial charge in [0, 0.05) is 47.5 Å². The van der Waals surface area contributed by atoms with Crippen LogP contribution in [0.1, 0.15) is 42.7 Å². The zero-order valence-corrected chi connectivity index (χ0v) is 25.4. The van der Waals surface area contributed by atoms with Crippen molar-refractivity contribution < 1.29 is 24.0 Å². The standard InChI is InChI=1S/C31H34ClN5O6/c1-31(2,3)43-30(39)33-20-6-8-22-23(14-20)26(37(40)41)15-27-28(22)19(16-32)17-36(27)29(38)25-13-18-12-21(7-9-24(18)34-25)42-11-10-35(4)5/h6-9,12-15,19,34H,10-11,16-17H2,1-5H3,(H,33,39). The van der Waals surface area contributed by atoms with Crippen molar-refractivity contribution in [1.29, 1.82) is 0 Å². The second-order valence-corrected chi connectivity index (χ2v) is 12.1. The van der Waals surface area contributed by atoms with E-state index < -0.39 is 16.6 Å². The first-order valence-electron chi connectivity index (χ1n) is 13.9. The third-order valence-corrected chi connectivity index (χ3v) is 7.51. The number of amides is 2. The third-order valence-electron chi connectivity index (χ3n) is 7.14. The van der Waals surface area contributed by atoms with Gasteiger partial charge in [-0.1, -0.05) is 6.07 Å². The Morgan fingerprint density at radius 1 is 1.14 bits per heavy atom. The molecule has 226 valence electrons. The van der Waals surface area contributed by atoms with E-state index in [0.717, 1.165) is 23.0 Å². The van der Waals surface area contributed by atoms with Crippen LogP contribution in [0.2, 0.25) is 0 Å². The highest BCUT2D eigenvalue weighted by molar-refractivity contribution is 6.19. The number of H-pyrrole nitrogens is 1. The molecule has 1 aliphatic rings. The first-order valence-corrected chi connectivity index (χ1v) is 14.4. The molecule has 4 aromatic rings. The van der Waals surface area contributed by atoms with Gasteiger partial charge in [-0.3, -0.25) is 20.2 Å². The van der Waals surface area contributed by atoms with Crippen LogP contribution in [-0.4, -0.2) is 72.1 Å². The average molecular weight is 608 g/mol. The van der Waals surface area contributed by atoms with Crippen LogP contribution in [-0.2, 0) is 4.74 Å². The number of nitro groups is 1. The number of nitro benzene ring substituents is 1. The molecule has 0 aliphatic carbocycles. The molecule has 2 N–H and O–H groups in total. The fourth-order valence-electron chi connectivity index (χ4n) is 5.25. The van der Waals surface area contributed by atoms with Gasteiger partial charge in [0.05, 0.1) is 16.0 Å². The molecule has 0 radical (unpaired) electrons. The summed E-state index contributed by atoms with van der Waals surface area (Å²) >= 11 is 6.39. The number of hydrogen-bond donors (Lipinski definition) is 2. The van der Waals surface area contributed by atoms with Crippen molar-refractivity contribution in [3.05, 3.63) is 69.9 Å². The van der Waals surface area contributed by atoms with Crippen molar-refractivity contribution in [2.45, 2.75) is 32.3 Å². The van der Waals surface area contributed by atoms with Gasteiger partial charge < -0.3 is 24.3 Å². The van der Waals surface area contributed by atoms with E-state index in [9.17, 15) is 19.7 Å². The molecule has 0 spiro atoms. The highest BCUT2D eigenvalue weighted by Crippen LogP contribution is 2.46. The van der Waals surface area contributed by atoms with E-state index in [1.165, 1.54) is 6.07 Å². The van der Waals surface area contributed by atoms with Crippen molar-refractivity contribution in [2.75, 3.05) is 49.9 Å². The fraction of sp³-hybridized carbons (Fsp3) is 0.355. The Labute approximate surface area is 253 Å². The summed E-state index contributed by atoms with van der Waals surface area (Å²) in [5, 5.41) is 16.6. The van der Waals surface area contributed by atoms with Gasteiger partial charge in [-0.2, -0.15) is 0 Å². The summed E-state index contributed by atoms with van der Waals surface area (Å²) < 4.78 is 11.2. The smallest absolute Gasteiger partial charge is 0.412 e. The number of anilines is 2. The largest absolute Gasteiger partial charge is 0.492 e. The first kappa shape index (κ1) is 30.1. The van der Waals surface area contributed by atoms with Gasteiger partial charge in [0.25, 0.3) is 11.6 Å². The normalized spacial score (nSPS) is 14.8. The Kier molecular flexibility index (Phi) is 8.22. The molecule has 3 aromatic carbocycles. The molecule has 1 aliphatic heterocycles. The predicted octanol–water partition coefficient (Wildman–Crippen LogP) is 6.50. The Bertz CT molecular complexity index is 1730. The molecule has 2 heterocycles. The fourth-order valence-corrected chi connectivity index (χ4v) is 5.50. The summed E-state index contributed by atoms with van der Waals surface area (Å²) in [5.41, 5.74) is 1.76. The maximum atomic E-state index is 13.9. The van der Waals surface area contributed by atoms with Crippen LogP contribution in [0, 0.1) is 10.1 Å². The summed E-state index contributed by atoms with van der Waals surface area (Å²) in [4.78, 5) is 44.7. The number of fused-ring (bicyclic) bond motifs is 4. The Hall–Kier alpha value is -4.35. The SMILES string of the molecule is CN(C)CCOc1ccc2[nH]c(C(=O)N3CC(CCl)c4c3cc([N+](=O)[O-])c3cc(NC(=O)OC(C)(C)C)ccc43)cc2c1. The van der Waals surface area contributed by atoms with Gasteiger partial charge in [0.2, 0.25) is 0 Å². The predicted molar refractivity (Wildman–Crippen MR) is 168 cm³/mol. The van der Waals surface area contributed by atoms with Gasteiger partial charge in [0.15, 0.2) is 0 Å². The van der Waals surface area contributed by atoms with Crippen LogP contribution < -0.4 is 15.0 Å². The Morgan fingerprint density at radius 2 is 1.91 bits per heavy atom. The summed E-state index contributed by atoms with van der Waals surface area (Å²) in [6.07, 6.45) is -0.670. The number of hydrogen-bond acceptors (Lipinski definition) is 7. The molecule has 1 aromatic heterocycles. The molecular formula is C31H34ClN5O6. The van der Waals surface area contributed by atoms with E-state index in [1.54, 1.807) is 49.9 Å². The highest BCUT2D eigenvalue weighted by atomic mass is 35.5. The van der Waals surface area contributed by atoms with Gasteiger partial charge in [-0.15, -0.1) is 11.6 Å². The summed E-state index contributed by atoms with van der Waals surface area (Å²) in [6, 6.07) is 13.7. The van der Waals surface area contributed by atoms with Crippen LogP contribution >= 0.6 is 11.6 Å². The topological polar surface area (TPSA) is 130 Å². The average Bonchev–Trinajstić information content (AvgIpc) is 3.52. The number of aromatic nitrogens is 1. The number of benzene rings is 3. The quantitative estimate of drug-likeness (QED) is 0.133. The molecule has 43 heavy (non-hydrogen) atoms. The van der Waals surface area contributed by atoms with E-state index in [1.807, 2.05) is 37.2 Å². The minimum Gasteiger partial charge on any atom is -0.492 e. The lowest BCUT2D eigenvalue weighted by Gasteiger charge is -2.20.